The normalized spacial score (nSPS) is 10.7. The number of amides is 1. The van der Waals surface area contributed by atoms with Gasteiger partial charge in [-0.05, 0) is 42.0 Å². The Hall–Kier alpha value is -3.65. The van der Waals surface area contributed by atoms with E-state index in [2.05, 4.69) is 10.3 Å². The van der Waals surface area contributed by atoms with E-state index in [4.69, 9.17) is 20.2 Å². The molecule has 1 aromatic carbocycles. The highest BCUT2D eigenvalue weighted by Crippen LogP contribution is 2.36. The third kappa shape index (κ3) is 3.77. The number of benzene rings is 1. The number of nitrogens with two attached hydrogens (primary N) is 1. The Morgan fingerprint density at radius 3 is 2.70 bits per heavy atom. The molecule has 3 heterocycles. The first-order chi connectivity index (χ1) is 14.6. The summed E-state index contributed by atoms with van der Waals surface area (Å²) in [6.45, 7) is 0.380. The molecule has 0 spiro atoms. The summed E-state index contributed by atoms with van der Waals surface area (Å²) in [5.74, 6) is 1.04. The molecule has 4 aromatic rings. The summed E-state index contributed by atoms with van der Waals surface area (Å²) in [6.07, 6.45) is 3.41. The summed E-state index contributed by atoms with van der Waals surface area (Å²) in [7, 11) is 3.19. The van der Waals surface area contributed by atoms with Crippen LogP contribution in [-0.2, 0) is 6.54 Å². The second-order valence-electron chi connectivity index (χ2n) is 6.51. The molecule has 152 valence electrons. The van der Waals surface area contributed by atoms with Crippen molar-refractivity contribution in [1.29, 1.82) is 0 Å². The number of nitrogen functional groups attached to an aromatic ring is 1. The molecule has 0 bridgehead atoms. The molecule has 30 heavy (non-hydrogen) atoms. The van der Waals surface area contributed by atoms with Crippen LogP contribution in [0.5, 0.6) is 11.5 Å². The van der Waals surface area contributed by atoms with Gasteiger partial charge in [0, 0.05) is 29.9 Å². The molecule has 0 aliphatic rings. The van der Waals surface area contributed by atoms with E-state index in [1.807, 2.05) is 42.5 Å². The van der Waals surface area contributed by atoms with Crippen molar-refractivity contribution >= 4 is 33.1 Å². The Kier molecular flexibility index (Phi) is 5.49. The van der Waals surface area contributed by atoms with Crippen molar-refractivity contribution in [3.8, 4) is 22.8 Å². The number of rotatable bonds is 6. The number of hydrogen-bond acceptors (Lipinski definition) is 7. The Bertz CT molecular complexity index is 1210. The van der Waals surface area contributed by atoms with Crippen LogP contribution in [0, 0.1) is 0 Å². The molecule has 7 nitrogen and oxygen atoms in total. The maximum Gasteiger partial charge on any atom is 0.263 e. The van der Waals surface area contributed by atoms with E-state index in [1.165, 1.54) is 11.3 Å². The first kappa shape index (κ1) is 19.7. The first-order valence-electron chi connectivity index (χ1n) is 9.19. The van der Waals surface area contributed by atoms with Crippen LogP contribution < -0.4 is 20.5 Å². The van der Waals surface area contributed by atoms with Crippen molar-refractivity contribution in [2.45, 2.75) is 6.54 Å². The lowest BCUT2D eigenvalue weighted by Crippen LogP contribution is -2.22. The number of hydrogen-bond donors (Lipinski definition) is 2. The highest BCUT2D eigenvalue weighted by atomic mass is 32.1. The third-order valence-electron chi connectivity index (χ3n) is 4.66. The number of pyridine rings is 2. The molecular formula is C22H20N4O3S. The van der Waals surface area contributed by atoms with Crippen LogP contribution in [0.4, 0.5) is 5.69 Å². The Morgan fingerprint density at radius 2 is 1.97 bits per heavy atom. The largest absolute Gasteiger partial charge is 0.493 e. The van der Waals surface area contributed by atoms with Crippen LogP contribution in [0.1, 0.15) is 15.2 Å². The number of ether oxygens (including phenoxy) is 2. The zero-order valence-corrected chi connectivity index (χ0v) is 17.3. The molecule has 0 saturated carbocycles. The first-order valence-corrected chi connectivity index (χ1v) is 10.0. The van der Waals surface area contributed by atoms with Crippen LogP contribution >= 0.6 is 11.3 Å². The molecule has 3 N–H and O–H groups in total. The highest BCUT2D eigenvalue weighted by Gasteiger charge is 2.18. The predicted molar refractivity (Wildman–Crippen MR) is 118 cm³/mol. The smallest absolute Gasteiger partial charge is 0.263 e. The molecule has 1 amide bonds. The van der Waals surface area contributed by atoms with Gasteiger partial charge in [0.25, 0.3) is 5.91 Å². The topological polar surface area (TPSA) is 99.4 Å². The number of carbonyl (C=O) groups excluding carboxylic acids is 1. The summed E-state index contributed by atoms with van der Waals surface area (Å²) in [5.41, 5.74) is 9.23. The number of aromatic nitrogens is 2. The molecular weight excluding hydrogens is 400 g/mol. The minimum absolute atomic E-state index is 0.230. The van der Waals surface area contributed by atoms with E-state index in [1.54, 1.807) is 26.6 Å². The average Bonchev–Trinajstić information content (AvgIpc) is 3.13. The fourth-order valence-corrected chi connectivity index (χ4v) is 4.10. The lowest BCUT2D eigenvalue weighted by molar-refractivity contribution is 0.0956. The van der Waals surface area contributed by atoms with E-state index in [0.29, 0.717) is 33.4 Å². The number of nitrogens with zero attached hydrogens (tertiary/aromatic N) is 2. The van der Waals surface area contributed by atoms with Crippen molar-refractivity contribution in [3.63, 3.8) is 0 Å². The van der Waals surface area contributed by atoms with E-state index >= 15 is 0 Å². The second kappa shape index (κ2) is 8.38. The Balaban J connectivity index is 1.62. The lowest BCUT2D eigenvalue weighted by Gasteiger charge is -2.09. The fourth-order valence-electron chi connectivity index (χ4n) is 3.09. The van der Waals surface area contributed by atoms with Crippen molar-refractivity contribution < 1.29 is 14.3 Å². The summed E-state index contributed by atoms with van der Waals surface area (Å²) in [6, 6.07) is 13.1. The number of methoxy groups -OCH3 is 2. The van der Waals surface area contributed by atoms with Gasteiger partial charge in [-0.2, -0.15) is 0 Å². The monoisotopic (exact) mass is 420 g/mol. The van der Waals surface area contributed by atoms with Gasteiger partial charge in [-0.15, -0.1) is 11.3 Å². The third-order valence-corrected chi connectivity index (χ3v) is 5.77. The summed E-state index contributed by atoms with van der Waals surface area (Å²) < 4.78 is 10.7. The molecule has 0 aliphatic carbocycles. The predicted octanol–water partition coefficient (Wildman–Crippen LogP) is 3.89. The van der Waals surface area contributed by atoms with Gasteiger partial charge in [0.05, 0.1) is 25.6 Å². The summed E-state index contributed by atoms with van der Waals surface area (Å²) in [4.78, 5) is 22.6. The van der Waals surface area contributed by atoms with Crippen molar-refractivity contribution in [2.75, 3.05) is 20.0 Å². The van der Waals surface area contributed by atoms with Crippen LogP contribution in [0.15, 0.2) is 54.9 Å². The number of anilines is 1. The van der Waals surface area contributed by atoms with Gasteiger partial charge in [0.1, 0.15) is 9.71 Å². The zero-order chi connectivity index (χ0) is 21.1. The van der Waals surface area contributed by atoms with Gasteiger partial charge in [-0.1, -0.05) is 6.07 Å². The zero-order valence-electron chi connectivity index (χ0n) is 16.5. The minimum Gasteiger partial charge on any atom is -0.493 e. The van der Waals surface area contributed by atoms with Crippen LogP contribution in [0.25, 0.3) is 21.5 Å². The van der Waals surface area contributed by atoms with E-state index in [0.717, 1.165) is 22.2 Å². The van der Waals surface area contributed by atoms with Crippen molar-refractivity contribution in [2.24, 2.45) is 0 Å². The molecule has 8 heteroatoms. The fraction of sp³-hybridized carbons (Fsp3) is 0.136. The number of carbonyl (C=O) groups is 1. The molecule has 0 fully saturated rings. The highest BCUT2D eigenvalue weighted by molar-refractivity contribution is 7.21. The summed E-state index contributed by atoms with van der Waals surface area (Å²) in [5, 5.41) is 3.64. The standard InChI is InChI=1S/C22H20N4O3S/c1-28-17-8-5-14(10-18(17)29-2)16-7-6-15-19(23)20(30-22(15)26-16)21(27)25-12-13-4-3-9-24-11-13/h3-11H,12,23H2,1-2H3,(H,25,27). The van der Waals surface area contributed by atoms with Crippen LogP contribution in [0.2, 0.25) is 0 Å². The van der Waals surface area contributed by atoms with Gasteiger partial charge < -0.3 is 20.5 Å². The Morgan fingerprint density at radius 1 is 1.13 bits per heavy atom. The van der Waals surface area contributed by atoms with Crippen LogP contribution in [-0.4, -0.2) is 30.1 Å². The quantitative estimate of drug-likeness (QED) is 0.491. The average molecular weight is 420 g/mol. The van der Waals surface area contributed by atoms with Gasteiger partial charge in [-0.3, -0.25) is 9.78 Å². The van der Waals surface area contributed by atoms with Crippen LogP contribution in [0.3, 0.4) is 0 Å². The Labute approximate surface area is 177 Å². The number of fused-ring (bicyclic) bond motifs is 1. The second-order valence-corrected chi connectivity index (χ2v) is 7.51. The van der Waals surface area contributed by atoms with E-state index in [9.17, 15) is 4.79 Å². The van der Waals surface area contributed by atoms with E-state index in [-0.39, 0.29) is 5.91 Å². The maximum atomic E-state index is 12.7. The molecule has 0 aliphatic heterocycles. The van der Waals surface area contributed by atoms with Gasteiger partial charge in [-0.25, -0.2) is 4.98 Å². The molecule has 4 rings (SSSR count). The van der Waals surface area contributed by atoms with Gasteiger partial charge >= 0.3 is 0 Å². The molecule has 0 radical (unpaired) electrons. The molecule has 0 saturated heterocycles. The van der Waals surface area contributed by atoms with Crippen molar-refractivity contribution in [1.82, 2.24) is 15.3 Å². The molecule has 0 atom stereocenters. The molecule has 3 aromatic heterocycles. The number of nitrogens with one attached hydrogen (secondary N) is 1. The van der Waals surface area contributed by atoms with Gasteiger partial charge in [0.15, 0.2) is 11.5 Å². The lowest BCUT2D eigenvalue weighted by atomic mass is 10.1. The van der Waals surface area contributed by atoms with Crippen molar-refractivity contribution in [3.05, 3.63) is 65.3 Å². The number of thiophene rings is 1. The maximum absolute atomic E-state index is 12.7. The minimum atomic E-state index is -0.230. The van der Waals surface area contributed by atoms with E-state index < -0.39 is 0 Å². The molecule has 0 unspecified atom stereocenters. The summed E-state index contributed by atoms with van der Waals surface area (Å²) >= 11 is 1.27. The SMILES string of the molecule is COc1ccc(-c2ccc3c(N)c(C(=O)NCc4cccnc4)sc3n2)cc1OC. The van der Waals surface area contributed by atoms with Gasteiger partial charge in [0.2, 0.25) is 0 Å².